The minimum absolute atomic E-state index is 0.134. The van der Waals surface area contributed by atoms with Crippen LogP contribution in [0.4, 0.5) is 4.79 Å². The highest BCUT2D eigenvalue weighted by Crippen LogP contribution is 2.14. The van der Waals surface area contributed by atoms with Crippen LogP contribution in [-0.2, 0) is 4.79 Å². The zero-order chi connectivity index (χ0) is 12.2. The van der Waals surface area contributed by atoms with Crippen LogP contribution in [0.5, 0.6) is 0 Å². The summed E-state index contributed by atoms with van der Waals surface area (Å²) in [5, 5.41) is 5.26. The number of carbonyl (C=O) groups excluding carboxylic acids is 2. The molecule has 0 saturated carbocycles. The largest absolute Gasteiger partial charge is 0.352 e. The van der Waals surface area contributed by atoms with Gasteiger partial charge in [-0.05, 0) is 12.8 Å². The summed E-state index contributed by atoms with van der Waals surface area (Å²) in [5.41, 5.74) is 5.72. The van der Waals surface area contributed by atoms with E-state index in [0.29, 0.717) is 12.3 Å². The Labute approximate surface area is 99.9 Å². The highest BCUT2D eigenvalue weighted by Gasteiger charge is 2.29. The van der Waals surface area contributed by atoms with Crippen LogP contribution in [0.3, 0.4) is 0 Å². The van der Waals surface area contributed by atoms with Gasteiger partial charge in [-0.15, -0.1) is 0 Å². The number of rotatable bonds is 5. The molecule has 0 radical (unpaired) electrons. The molecule has 1 unspecified atom stereocenters. The molecule has 1 fully saturated rings. The second-order valence-electron chi connectivity index (χ2n) is 4.08. The molecular formula is C10H19N3O2S. The van der Waals surface area contributed by atoms with E-state index in [1.165, 1.54) is 0 Å². The van der Waals surface area contributed by atoms with E-state index in [0.717, 1.165) is 24.6 Å². The number of carbonyl (C=O) groups is 2. The predicted octanol–water partition coefficient (Wildman–Crippen LogP) is 0.445. The van der Waals surface area contributed by atoms with Crippen LogP contribution >= 0.6 is 11.8 Å². The summed E-state index contributed by atoms with van der Waals surface area (Å²) in [7, 11) is 0. The van der Waals surface area contributed by atoms with Crippen molar-refractivity contribution in [3.63, 3.8) is 0 Å². The molecule has 0 aliphatic carbocycles. The average Bonchev–Trinajstić information content (AvgIpc) is 2.72. The molecule has 16 heavy (non-hydrogen) atoms. The first-order valence-electron chi connectivity index (χ1n) is 5.50. The molecule has 1 aliphatic rings. The summed E-state index contributed by atoms with van der Waals surface area (Å²) in [6.45, 7) is 4.46. The molecule has 1 saturated heterocycles. The van der Waals surface area contributed by atoms with Crippen molar-refractivity contribution < 1.29 is 9.59 Å². The van der Waals surface area contributed by atoms with Gasteiger partial charge < -0.3 is 16.4 Å². The minimum atomic E-state index is -0.407. The van der Waals surface area contributed by atoms with Crippen LogP contribution in [0.25, 0.3) is 0 Å². The highest BCUT2D eigenvalue weighted by atomic mass is 32.2. The van der Waals surface area contributed by atoms with Crippen molar-refractivity contribution in [3.8, 4) is 0 Å². The van der Waals surface area contributed by atoms with Crippen LogP contribution < -0.4 is 16.4 Å². The van der Waals surface area contributed by atoms with Crippen molar-refractivity contribution in [1.29, 1.82) is 0 Å². The number of nitrogens with two attached hydrogens (primary N) is 1. The Balaban J connectivity index is 2.37. The third-order valence-electron chi connectivity index (χ3n) is 3.01. The van der Waals surface area contributed by atoms with E-state index in [1.807, 2.05) is 13.8 Å². The lowest BCUT2D eigenvalue weighted by Crippen LogP contribution is -2.52. The van der Waals surface area contributed by atoms with Gasteiger partial charge in [-0.2, -0.15) is 0 Å². The number of amides is 2. The molecule has 1 heterocycles. The molecule has 2 amide bonds. The third-order valence-corrected chi connectivity index (χ3v) is 3.89. The van der Waals surface area contributed by atoms with E-state index < -0.39 is 6.04 Å². The Kier molecular flexibility index (Phi) is 4.61. The van der Waals surface area contributed by atoms with Gasteiger partial charge in [0.15, 0.2) is 0 Å². The van der Waals surface area contributed by atoms with Gasteiger partial charge in [0.2, 0.25) is 5.91 Å². The van der Waals surface area contributed by atoms with Gasteiger partial charge >= 0.3 is 0 Å². The maximum absolute atomic E-state index is 11.7. The number of nitrogens with one attached hydrogen (secondary N) is 2. The average molecular weight is 245 g/mol. The molecule has 0 aromatic rings. The van der Waals surface area contributed by atoms with Crippen LogP contribution in [0.2, 0.25) is 0 Å². The van der Waals surface area contributed by atoms with Gasteiger partial charge in [-0.25, -0.2) is 0 Å². The molecule has 0 bridgehead atoms. The lowest BCUT2D eigenvalue weighted by molar-refractivity contribution is -0.122. The fourth-order valence-corrected chi connectivity index (χ4v) is 2.19. The molecule has 0 aromatic carbocycles. The Bertz CT molecular complexity index is 279. The van der Waals surface area contributed by atoms with E-state index in [2.05, 4.69) is 10.6 Å². The predicted molar refractivity (Wildman–Crippen MR) is 65.3 cm³/mol. The summed E-state index contributed by atoms with van der Waals surface area (Å²) in [4.78, 5) is 22.6. The summed E-state index contributed by atoms with van der Waals surface area (Å²) < 4.78 is 0. The highest BCUT2D eigenvalue weighted by molar-refractivity contribution is 8.14. The van der Waals surface area contributed by atoms with Crippen molar-refractivity contribution in [2.75, 3.05) is 12.3 Å². The zero-order valence-corrected chi connectivity index (χ0v) is 10.5. The SMILES string of the molecule is CCC(N)(CC)CNC(=O)C1CSC(=O)N1. The molecule has 0 aromatic heterocycles. The molecular weight excluding hydrogens is 226 g/mol. The number of thioether (sulfide) groups is 1. The summed E-state index contributed by atoms with van der Waals surface area (Å²) in [6.07, 6.45) is 1.63. The second-order valence-corrected chi connectivity index (χ2v) is 5.08. The monoisotopic (exact) mass is 245 g/mol. The van der Waals surface area contributed by atoms with Gasteiger partial charge in [-0.3, -0.25) is 9.59 Å². The fraction of sp³-hybridized carbons (Fsp3) is 0.800. The van der Waals surface area contributed by atoms with E-state index in [1.54, 1.807) is 0 Å². The standard InChI is InChI=1S/C10H19N3O2S/c1-3-10(11,4-2)6-12-8(14)7-5-16-9(15)13-7/h7H,3-6,11H2,1-2H3,(H,12,14)(H,13,15). The summed E-state index contributed by atoms with van der Waals surface area (Å²) >= 11 is 1.14. The van der Waals surface area contributed by atoms with Crippen molar-refractivity contribution >= 4 is 22.9 Å². The summed E-state index contributed by atoms with van der Waals surface area (Å²) in [5.74, 6) is 0.357. The van der Waals surface area contributed by atoms with Gasteiger partial charge in [0.25, 0.3) is 5.24 Å². The minimum Gasteiger partial charge on any atom is -0.352 e. The van der Waals surface area contributed by atoms with Crippen molar-refractivity contribution in [1.82, 2.24) is 10.6 Å². The Hall–Kier alpha value is -0.750. The lowest BCUT2D eigenvalue weighted by Gasteiger charge is -2.27. The van der Waals surface area contributed by atoms with E-state index in [-0.39, 0.29) is 16.7 Å². The molecule has 0 spiro atoms. The van der Waals surface area contributed by atoms with Gasteiger partial charge in [-0.1, -0.05) is 25.6 Å². The van der Waals surface area contributed by atoms with E-state index >= 15 is 0 Å². The maximum atomic E-state index is 11.7. The second kappa shape index (κ2) is 5.54. The normalized spacial score (nSPS) is 20.7. The molecule has 1 rings (SSSR count). The molecule has 92 valence electrons. The first-order valence-corrected chi connectivity index (χ1v) is 6.49. The number of hydrogen-bond donors (Lipinski definition) is 3. The van der Waals surface area contributed by atoms with Gasteiger partial charge in [0, 0.05) is 17.8 Å². The van der Waals surface area contributed by atoms with Gasteiger partial charge in [0.1, 0.15) is 6.04 Å². The first-order chi connectivity index (χ1) is 7.50. The smallest absolute Gasteiger partial charge is 0.279 e. The molecule has 1 atom stereocenters. The molecule has 6 heteroatoms. The van der Waals surface area contributed by atoms with Gasteiger partial charge in [0.05, 0.1) is 0 Å². The summed E-state index contributed by atoms with van der Waals surface area (Å²) in [6, 6.07) is -0.407. The Morgan fingerprint density at radius 2 is 2.25 bits per heavy atom. The van der Waals surface area contributed by atoms with E-state index in [9.17, 15) is 9.59 Å². The van der Waals surface area contributed by atoms with Crippen LogP contribution in [0.1, 0.15) is 26.7 Å². The quantitative estimate of drug-likeness (QED) is 0.656. The molecule has 1 aliphatic heterocycles. The van der Waals surface area contributed by atoms with E-state index in [4.69, 9.17) is 5.73 Å². The Morgan fingerprint density at radius 1 is 1.62 bits per heavy atom. The molecule has 5 nitrogen and oxygen atoms in total. The topological polar surface area (TPSA) is 84.2 Å². The Morgan fingerprint density at radius 3 is 2.69 bits per heavy atom. The van der Waals surface area contributed by atoms with Crippen molar-refractivity contribution in [2.45, 2.75) is 38.3 Å². The van der Waals surface area contributed by atoms with Crippen LogP contribution in [-0.4, -0.2) is 35.0 Å². The zero-order valence-electron chi connectivity index (χ0n) is 9.71. The van der Waals surface area contributed by atoms with Crippen molar-refractivity contribution in [3.05, 3.63) is 0 Å². The fourth-order valence-electron chi connectivity index (χ4n) is 1.41. The number of hydrogen-bond acceptors (Lipinski definition) is 4. The molecule has 4 N–H and O–H groups in total. The first kappa shape index (κ1) is 13.3. The lowest BCUT2D eigenvalue weighted by atomic mass is 9.94. The van der Waals surface area contributed by atoms with Crippen LogP contribution in [0.15, 0.2) is 0 Å². The third kappa shape index (κ3) is 3.38. The van der Waals surface area contributed by atoms with Crippen LogP contribution in [0, 0.1) is 0 Å². The van der Waals surface area contributed by atoms with Crippen molar-refractivity contribution in [2.24, 2.45) is 5.73 Å². The maximum Gasteiger partial charge on any atom is 0.279 e.